The van der Waals surface area contributed by atoms with E-state index in [4.69, 9.17) is 9.26 Å². The first-order valence-corrected chi connectivity index (χ1v) is 9.62. The highest BCUT2D eigenvalue weighted by Crippen LogP contribution is 2.33. The van der Waals surface area contributed by atoms with Crippen molar-refractivity contribution < 1.29 is 31.6 Å². The molecular weight excluding hydrogens is 450 g/mol. The van der Waals surface area contributed by atoms with E-state index in [2.05, 4.69) is 15.5 Å². The van der Waals surface area contributed by atoms with Crippen LogP contribution in [0.5, 0.6) is 5.75 Å². The predicted octanol–water partition coefficient (Wildman–Crippen LogP) is 2.75. The number of amides is 1. The SMILES string of the molecule is Cc1nc(NC(=O)c2c(N3CC(Oc4cc(F)cc(C(F)(F)F)c4)C3)ccn(C)c2=O)no1. The minimum Gasteiger partial charge on any atom is -0.487 e. The molecule has 1 fully saturated rings. The van der Waals surface area contributed by atoms with Crippen LogP contribution in [0.3, 0.4) is 0 Å². The van der Waals surface area contributed by atoms with E-state index >= 15 is 0 Å². The predicted molar refractivity (Wildman–Crippen MR) is 107 cm³/mol. The van der Waals surface area contributed by atoms with Crippen LogP contribution in [0.4, 0.5) is 29.2 Å². The zero-order valence-corrected chi connectivity index (χ0v) is 17.3. The van der Waals surface area contributed by atoms with Crippen LogP contribution < -0.4 is 20.5 Å². The van der Waals surface area contributed by atoms with Crippen molar-refractivity contribution >= 4 is 17.5 Å². The van der Waals surface area contributed by atoms with Crippen molar-refractivity contribution in [2.75, 3.05) is 23.3 Å². The quantitative estimate of drug-likeness (QED) is 0.576. The number of hydrogen-bond acceptors (Lipinski definition) is 7. The lowest BCUT2D eigenvalue weighted by Crippen LogP contribution is -2.55. The van der Waals surface area contributed by atoms with E-state index in [0.29, 0.717) is 11.8 Å². The summed E-state index contributed by atoms with van der Waals surface area (Å²) in [5.41, 5.74) is -1.61. The monoisotopic (exact) mass is 467 g/mol. The molecule has 174 valence electrons. The largest absolute Gasteiger partial charge is 0.487 e. The Morgan fingerprint density at radius 1 is 1.27 bits per heavy atom. The van der Waals surface area contributed by atoms with Crippen LogP contribution in [-0.2, 0) is 13.2 Å². The summed E-state index contributed by atoms with van der Waals surface area (Å²) < 4.78 is 63.8. The molecule has 0 unspecified atom stereocenters. The second kappa shape index (κ2) is 8.22. The highest BCUT2D eigenvalue weighted by atomic mass is 19.4. The Balaban J connectivity index is 1.51. The highest BCUT2D eigenvalue weighted by Gasteiger charge is 2.35. The molecule has 1 N–H and O–H groups in total. The molecule has 3 heterocycles. The molecule has 1 aromatic carbocycles. The Labute approximate surface area is 183 Å². The lowest BCUT2D eigenvalue weighted by molar-refractivity contribution is -0.137. The Hall–Kier alpha value is -3.90. The van der Waals surface area contributed by atoms with Gasteiger partial charge in [-0.1, -0.05) is 0 Å². The summed E-state index contributed by atoms with van der Waals surface area (Å²) in [5, 5.41) is 5.95. The molecule has 2 aromatic heterocycles. The van der Waals surface area contributed by atoms with Crippen molar-refractivity contribution in [1.82, 2.24) is 14.7 Å². The zero-order chi connectivity index (χ0) is 23.9. The van der Waals surface area contributed by atoms with E-state index in [1.807, 2.05) is 0 Å². The topological polar surface area (TPSA) is 102 Å². The average molecular weight is 467 g/mol. The first-order valence-electron chi connectivity index (χ1n) is 9.62. The van der Waals surface area contributed by atoms with Gasteiger partial charge in [0.1, 0.15) is 23.2 Å². The fourth-order valence-corrected chi connectivity index (χ4v) is 3.31. The lowest BCUT2D eigenvalue weighted by Gasteiger charge is -2.41. The molecular formula is C20H17F4N5O4. The number of nitrogens with one attached hydrogen (secondary N) is 1. The third-order valence-corrected chi connectivity index (χ3v) is 4.92. The van der Waals surface area contributed by atoms with Gasteiger partial charge in [0.05, 0.1) is 24.3 Å². The Bertz CT molecular complexity index is 1260. The molecule has 9 nitrogen and oxygen atoms in total. The number of benzene rings is 1. The second-order valence-corrected chi connectivity index (χ2v) is 7.40. The fraction of sp³-hybridized carbons (Fsp3) is 0.300. The van der Waals surface area contributed by atoms with Gasteiger partial charge in [-0.25, -0.2) is 4.39 Å². The molecule has 0 aliphatic carbocycles. The van der Waals surface area contributed by atoms with Gasteiger partial charge in [0.2, 0.25) is 5.89 Å². The van der Waals surface area contributed by atoms with E-state index in [-0.39, 0.29) is 36.2 Å². The standard InChI is InChI=1S/C20H17F4N5O4/c1-10-25-19(27-33-10)26-17(30)16-15(3-4-28(2)18(16)31)29-8-14(9-29)32-13-6-11(20(22,23)24)5-12(21)7-13/h3-7,14H,8-9H2,1-2H3,(H,26,27,30). The fourth-order valence-electron chi connectivity index (χ4n) is 3.31. The van der Waals surface area contributed by atoms with Crippen LogP contribution in [-0.4, -0.2) is 39.8 Å². The van der Waals surface area contributed by atoms with E-state index in [9.17, 15) is 27.2 Å². The number of nitrogens with zero attached hydrogens (tertiary/aromatic N) is 4. The van der Waals surface area contributed by atoms with E-state index < -0.39 is 35.1 Å². The van der Waals surface area contributed by atoms with Crippen molar-refractivity contribution in [2.45, 2.75) is 19.2 Å². The van der Waals surface area contributed by atoms with Crippen LogP contribution in [0.1, 0.15) is 21.8 Å². The molecule has 0 bridgehead atoms. The second-order valence-electron chi connectivity index (χ2n) is 7.40. The lowest BCUT2D eigenvalue weighted by atomic mass is 10.1. The molecule has 1 aliphatic heterocycles. The molecule has 0 radical (unpaired) electrons. The van der Waals surface area contributed by atoms with Crippen LogP contribution in [0.15, 0.2) is 39.8 Å². The van der Waals surface area contributed by atoms with Gasteiger partial charge in [0, 0.05) is 26.2 Å². The molecule has 13 heteroatoms. The summed E-state index contributed by atoms with van der Waals surface area (Å²) in [5.74, 6) is -1.97. The van der Waals surface area contributed by atoms with Crippen LogP contribution >= 0.6 is 0 Å². The number of pyridine rings is 1. The first-order chi connectivity index (χ1) is 15.5. The van der Waals surface area contributed by atoms with Crippen LogP contribution in [0.25, 0.3) is 0 Å². The molecule has 0 spiro atoms. The smallest absolute Gasteiger partial charge is 0.416 e. The summed E-state index contributed by atoms with van der Waals surface area (Å²) >= 11 is 0. The number of ether oxygens (including phenoxy) is 1. The van der Waals surface area contributed by atoms with Gasteiger partial charge in [-0.3, -0.25) is 14.9 Å². The van der Waals surface area contributed by atoms with Gasteiger partial charge in [-0.15, -0.1) is 0 Å². The van der Waals surface area contributed by atoms with Crippen molar-refractivity contribution in [3.63, 3.8) is 0 Å². The zero-order valence-electron chi connectivity index (χ0n) is 17.3. The highest BCUT2D eigenvalue weighted by molar-refractivity contribution is 6.07. The summed E-state index contributed by atoms with van der Waals surface area (Å²) in [6.45, 7) is 1.85. The number of aryl methyl sites for hydroxylation is 2. The number of aromatic nitrogens is 3. The van der Waals surface area contributed by atoms with Crippen LogP contribution in [0, 0.1) is 12.7 Å². The Morgan fingerprint density at radius 2 is 2.00 bits per heavy atom. The molecule has 3 aromatic rings. The Morgan fingerprint density at radius 3 is 2.64 bits per heavy atom. The number of carbonyl (C=O) groups excluding carboxylic acids is 1. The minimum absolute atomic E-state index is 0.106. The van der Waals surface area contributed by atoms with Gasteiger partial charge in [-0.2, -0.15) is 18.2 Å². The number of carbonyl (C=O) groups is 1. The molecule has 1 aliphatic rings. The number of anilines is 2. The van der Waals surface area contributed by atoms with Crippen molar-refractivity contribution in [3.05, 3.63) is 63.7 Å². The average Bonchev–Trinajstić information content (AvgIpc) is 3.10. The Kier molecular flexibility index (Phi) is 5.56. The first kappa shape index (κ1) is 22.3. The summed E-state index contributed by atoms with van der Waals surface area (Å²) in [4.78, 5) is 30.9. The number of hydrogen-bond donors (Lipinski definition) is 1. The van der Waals surface area contributed by atoms with Crippen molar-refractivity contribution in [1.29, 1.82) is 0 Å². The summed E-state index contributed by atoms with van der Waals surface area (Å²) in [6, 6.07) is 3.52. The van der Waals surface area contributed by atoms with Crippen molar-refractivity contribution in [3.8, 4) is 5.75 Å². The number of rotatable bonds is 5. The molecule has 0 saturated carbocycles. The minimum atomic E-state index is -4.71. The number of halogens is 4. The maximum absolute atomic E-state index is 13.6. The third kappa shape index (κ3) is 4.66. The summed E-state index contributed by atoms with van der Waals surface area (Å²) in [7, 11) is 1.48. The van der Waals surface area contributed by atoms with Gasteiger partial charge in [0.25, 0.3) is 17.4 Å². The molecule has 0 atom stereocenters. The van der Waals surface area contributed by atoms with Gasteiger partial charge < -0.3 is 18.7 Å². The van der Waals surface area contributed by atoms with E-state index in [1.165, 1.54) is 24.7 Å². The molecule has 4 rings (SSSR count). The maximum Gasteiger partial charge on any atom is 0.416 e. The molecule has 1 amide bonds. The van der Waals surface area contributed by atoms with Crippen LogP contribution in [0.2, 0.25) is 0 Å². The molecule has 33 heavy (non-hydrogen) atoms. The molecule has 1 saturated heterocycles. The van der Waals surface area contributed by atoms with Crippen molar-refractivity contribution in [2.24, 2.45) is 7.05 Å². The third-order valence-electron chi connectivity index (χ3n) is 4.92. The van der Waals surface area contributed by atoms with Gasteiger partial charge in [-0.05, 0) is 23.4 Å². The van der Waals surface area contributed by atoms with E-state index in [0.717, 1.165) is 12.1 Å². The number of alkyl halides is 3. The van der Waals surface area contributed by atoms with Gasteiger partial charge in [0.15, 0.2) is 0 Å². The maximum atomic E-state index is 13.6. The van der Waals surface area contributed by atoms with Gasteiger partial charge >= 0.3 is 6.18 Å². The van der Waals surface area contributed by atoms with E-state index in [1.54, 1.807) is 11.0 Å². The normalized spacial score (nSPS) is 14.2. The summed E-state index contributed by atoms with van der Waals surface area (Å²) in [6.07, 6.45) is -3.81.